The molecule has 0 fully saturated rings. The van der Waals surface area contributed by atoms with Gasteiger partial charge in [0.1, 0.15) is 5.82 Å². The average molecular weight is 207 g/mol. The summed E-state index contributed by atoms with van der Waals surface area (Å²) in [4.78, 5) is 4.51. The Balaban J connectivity index is 2.13. The lowest BCUT2D eigenvalue weighted by Crippen LogP contribution is -2.26. The van der Waals surface area contributed by atoms with Crippen LogP contribution in [0.25, 0.3) is 0 Å². The molecule has 1 atom stereocenters. The summed E-state index contributed by atoms with van der Waals surface area (Å²) in [6.07, 6.45) is 0.967. The number of nitrogens with two attached hydrogens (primary N) is 1. The molecule has 0 aromatic carbocycles. The van der Waals surface area contributed by atoms with Crippen molar-refractivity contribution in [3.8, 4) is 0 Å². The number of anilines is 1. The molecule has 1 aliphatic rings. The van der Waals surface area contributed by atoms with Gasteiger partial charge in [-0.3, -0.25) is 0 Å². The van der Waals surface area contributed by atoms with Crippen molar-refractivity contribution in [2.75, 3.05) is 18.5 Å². The SMILES string of the molecule is CC(CN)Nc1ccc2c(n1)COCC2. The second kappa shape index (κ2) is 4.59. The van der Waals surface area contributed by atoms with Crippen molar-refractivity contribution >= 4 is 5.82 Å². The largest absolute Gasteiger partial charge is 0.375 e. The number of hydrogen-bond donors (Lipinski definition) is 2. The highest BCUT2D eigenvalue weighted by Crippen LogP contribution is 2.17. The summed E-state index contributed by atoms with van der Waals surface area (Å²) >= 11 is 0. The van der Waals surface area contributed by atoms with Crippen molar-refractivity contribution in [3.63, 3.8) is 0 Å². The maximum Gasteiger partial charge on any atom is 0.126 e. The molecule has 2 heterocycles. The van der Waals surface area contributed by atoms with Crippen LogP contribution in [0.5, 0.6) is 0 Å². The fourth-order valence-electron chi connectivity index (χ4n) is 1.63. The Bertz CT molecular complexity index is 341. The summed E-state index contributed by atoms with van der Waals surface area (Å²) in [5, 5.41) is 3.25. The molecule has 0 saturated heterocycles. The zero-order valence-corrected chi connectivity index (χ0v) is 8.99. The monoisotopic (exact) mass is 207 g/mol. The Morgan fingerprint density at radius 1 is 1.60 bits per heavy atom. The van der Waals surface area contributed by atoms with Crippen LogP contribution >= 0.6 is 0 Å². The minimum absolute atomic E-state index is 0.250. The first-order valence-corrected chi connectivity index (χ1v) is 5.32. The number of fused-ring (bicyclic) bond motifs is 1. The zero-order valence-electron chi connectivity index (χ0n) is 8.99. The second-order valence-corrected chi connectivity index (χ2v) is 3.89. The van der Waals surface area contributed by atoms with Crippen LogP contribution in [0, 0.1) is 0 Å². The fraction of sp³-hybridized carbons (Fsp3) is 0.545. The predicted octanol–water partition coefficient (Wildman–Crippen LogP) is 0.913. The third kappa shape index (κ3) is 2.46. The molecule has 15 heavy (non-hydrogen) atoms. The van der Waals surface area contributed by atoms with Gasteiger partial charge in [0.05, 0.1) is 18.9 Å². The number of pyridine rings is 1. The smallest absolute Gasteiger partial charge is 0.126 e. The van der Waals surface area contributed by atoms with Gasteiger partial charge < -0.3 is 15.8 Å². The normalized spacial score (nSPS) is 16.9. The molecule has 0 radical (unpaired) electrons. The number of ether oxygens (including phenoxy) is 1. The third-order valence-electron chi connectivity index (χ3n) is 2.57. The number of nitrogens with zero attached hydrogens (tertiary/aromatic N) is 1. The molecule has 4 heteroatoms. The van der Waals surface area contributed by atoms with Crippen LogP contribution in [0.1, 0.15) is 18.2 Å². The topological polar surface area (TPSA) is 60.2 Å². The van der Waals surface area contributed by atoms with Gasteiger partial charge in [0.25, 0.3) is 0 Å². The predicted molar refractivity (Wildman–Crippen MR) is 59.7 cm³/mol. The van der Waals surface area contributed by atoms with Crippen LogP contribution < -0.4 is 11.1 Å². The van der Waals surface area contributed by atoms with E-state index in [1.807, 2.05) is 13.0 Å². The van der Waals surface area contributed by atoms with E-state index in [2.05, 4.69) is 16.4 Å². The second-order valence-electron chi connectivity index (χ2n) is 3.89. The third-order valence-corrected chi connectivity index (χ3v) is 2.57. The van der Waals surface area contributed by atoms with E-state index in [9.17, 15) is 0 Å². The van der Waals surface area contributed by atoms with E-state index in [1.54, 1.807) is 0 Å². The fourth-order valence-corrected chi connectivity index (χ4v) is 1.63. The Morgan fingerprint density at radius 2 is 2.47 bits per heavy atom. The highest BCUT2D eigenvalue weighted by atomic mass is 16.5. The van der Waals surface area contributed by atoms with E-state index >= 15 is 0 Å². The van der Waals surface area contributed by atoms with Crippen LogP contribution in [0.15, 0.2) is 12.1 Å². The van der Waals surface area contributed by atoms with Crippen molar-refractivity contribution in [3.05, 3.63) is 23.4 Å². The highest BCUT2D eigenvalue weighted by molar-refractivity contribution is 5.40. The summed E-state index contributed by atoms with van der Waals surface area (Å²) in [6.45, 7) is 4.08. The Labute approximate surface area is 89.8 Å². The van der Waals surface area contributed by atoms with E-state index < -0.39 is 0 Å². The summed E-state index contributed by atoms with van der Waals surface area (Å²) in [5.74, 6) is 0.886. The van der Waals surface area contributed by atoms with Crippen LogP contribution in [0.2, 0.25) is 0 Å². The maximum atomic E-state index is 5.54. The Kier molecular flexibility index (Phi) is 3.18. The molecule has 82 valence electrons. The minimum atomic E-state index is 0.250. The maximum absolute atomic E-state index is 5.54. The van der Waals surface area contributed by atoms with E-state index in [1.165, 1.54) is 5.56 Å². The van der Waals surface area contributed by atoms with Crippen LogP contribution in [-0.2, 0) is 17.8 Å². The molecule has 0 aliphatic carbocycles. The number of rotatable bonds is 3. The molecule has 1 aromatic heterocycles. The first-order valence-electron chi connectivity index (χ1n) is 5.32. The number of hydrogen-bond acceptors (Lipinski definition) is 4. The van der Waals surface area contributed by atoms with Crippen LogP contribution in [0.4, 0.5) is 5.82 Å². The number of nitrogens with one attached hydrogen (secondary N) is 1. The Hall–Kier alpha value is -1.13. The number of aromatic nitrogens is 1. The molecule has 0 saturated carbocycles. The van der Waals surface area contributed by atoms with Crippen molar-refractivity contribution in [2.24, 2.45) is 5.73 Å². The van der Waals surface area contributed by atoms with Crippen molar-refractivity contribution < 1.29 is 4.74 Å². The van der Waals surface area contributed by atoms with Gasteiger partial charge in [0.2, 0.25) is 0 Å². The highest BCUT2D eigenvalue weighted by Gasteiger charge is 2.11. The minimum Gasteiger partial charge on any atom is -0.375 e. The molecular formula is C11H17N3O. The quantitative estimate of drug-likeness (QED) is 0.773. The molecule has 4 nitrogen and oxygen atoms in total. The van der Waals surface area contributed by atoms with E-state index in [0.717, 1.165) is 24.5 Å². The summed E-state index contributed by atoms with van der Waals surface area (Å²) in [6, 6.07) is 4.38. The van der Waals surface area contributed by atoms with Gasteiger partial charge in [-0.25, -0.2) is 4.98 Å². The molecule has 3 N–H and O–H groups in total. The van der Waals surface area contributed by atoms with Gasteiger partial charge in [-0.05, 0) is 25.0 Å². The molecule has 0 bridgehead atoms. The Morgan fingerprint density at radius 3 is 3.27 bits per heavy atom. The lowest BCUT2D eigenvalue weighted by Gasteiger charge is -2.18. The van der Waals surface area contributed by atoms with Crippen LogP contribution in [-0.4, -0.2) is 24.2 Å². The molecule has 2 rings (SSSR count). The van der Waals surface area contributed by atoms with Gasteiger partial charge in [-0.1, -0.05) is 6.07 Å². The van der Waals surface area contributed by atoms with E-state index in [-0.39, 0.29) is 6.04 Å². The van der Waals surface area contributed by atoms with Gasteiger partial charge >= 0.3 is 0 Å². The van der Waals surface area contributed by atoms with E-state index in [0.29, 0.717) is 13.2 Å². The van der Waals surface area contributed by atoms with Gasteiger partial charge in [0, 0.05) is 12.6 Å². The van der Waals surface area contributed by atoms with Crippen molar-refractivity contribution in [1.29, 1.82) is 0 Å². The summed E-state index contributed by atoms with van der Waals surface area (Å²) < 4.78 is 5.37. The van der Waals surface area contributed by atoms with E-state index in [4.69, 9.17) is 10.5 Å². The summed E-state index contributed by atoms with van der Waals surface area (Å²) in [7, 11) is 0. The molecule has 1 aliphatic heterocycles. The molecule has 1 aromatic rings. The van der Waals surface area contributed by atoms with Gasteiger partial charge in [0.15, 0.2) is 0 Å². The first-order chi connectivity index (χ1) is 7.29. The lowest BCUT2D eigenvalue weighted by atomic mass is 10.1. The average Bonchev–Trinajstić information content (AvgIpc) is 2.29. The van der Waals surface area contributed by atoms with Gasteiger partial charge in [-0.15, -0.1) is 0 Å². The lowest BCUT2D eigenvalue weighted by molar-refractivity contribution is 0.107. The molecule has 0 amide bonds. The van der Waals surface area contributed by atoms with Crippen LogP contribution in [0.3, 0.4) is 0 Å². The molecule has 1 unspecified atom stereocenters. The van der Waals surface area contributed by atoms with Gasteiger partial charge in [-0.2, -0.15) is 0 Å². The molecule has 0 spiro atoms. The zero-order chi connectivity index (χ0) is 10.7. The molecular weight excluding hydrogens is 190 g/mol. The first kappa shape index (κ1) is 10.4. The standard InChI is InChI=1S/C11H17N3O/c1-8(6-12)13-11-3-2-9-4-5-15-7-10(9)14-11/h2-3,8H,4-7,12H2,1H3,(H,13,14). The van der Waals surface area contributed by atoms with Crippen molar-refractivity contribution in [1.82, 2.24) is 4.98 Å². The van der Waals surface area contributed by atoms with Crippen molar-refractivity contribution in [2.45, 2.75) is 26.0 Å². The summed E-state index contributed by atoms with van der Waals surface area (Å²) in [5.41, 5.74) is 7.89.